The molecular weight excluding hydrogens is 496 g/mol. The fourth-order valence-corrected chi connectivity index (χ4v) is 5.25. The molecule has 166 valence electrons. The SMILES string of the molecule is Cc1cc([C@@H]2[C@H](c3ccccn3)NC(=S)N2c2ccc(O)cc2)c(C)n1-c1ccc(Br)cc1. The Morgan fingerprint density at radius 2 is 1.67 bits per heavy atom. The van der Waals surface area contributed by atoms with Gasteiger partial charge in [0.25, 0.3) is 0 Å². The first-order valence-electron chi connectivity index (χ1n) is 10.7. The number of hydrogen-bond acceptors (Lipinski definition) is 3. The van der Waals surface area contributed by atoms with E-state index in [0.717, 1.165) is 32.9 Å². The highest BCUT2D eigenvalue weighted by atomic mass is 79.9. The highest BCUT2D eigenvalue weighted by molar-refractivity contribution is 9.10. The number of halogens is 1. The van der Waals surface area contributed by atoms with E-state index in [2.05, 4.69) is 79.9 Å². The number of nitrogens with one attached hydrogen (secondary N) is 1. The Labute approximate surface area is 206 Å². The van der Waals surface area contributed by atoms with Gasteiger partial charge in [-0.3, -0.25) is 4.98 Å². The van der Waals surface area contributed by atoms with Gasteiger partial charge in [0, 0.05) is 33.4 Å². The molecule has 0 bridgehead atoms. The lowest BCUT2D eigenvalue weighted by Crippen LogP contribution is -2.29. The standard InChI is InChI=1S/C26H23BrN4OS/c1-16-15-22(17(2)30(16)19-8-6-18(27)7-9-19)25-24(23-5-3-4-14-28-23)29-26(33)31(25)20-10-12-21(32)13-11-20/h3-15,24-25,32H,1-2H3,(H,29,33)/t24-,25+/m0/s1. The van der Waals surface area contributed by atoms with Gasteiger partial charge in [-0.1, -0.05) is 22.0 Å². The maximum atomic E-state index is 9.82. The van der Waals surface area contributed by atoms with Gasteiger partial charge in [-0.2, -0.15) is 0 Å². The van der Waals surface area contributed by atoms with Crippen LogP contribution in [-0.2, 0) is 0 Å². The Kier molecular flexibility index (Phi) is 5.68. The van der Waals surface area contributed by atoms with Crippen molar-refractivity contribution in [1.82, 2.24) is 14.9 Å². The molecule has 5 nitrogen and oxygen atoms in total. The third-order valence-electron chi connectivity index (χ3n) is 6.10. The number of hydrogen-bond donors (Lipinski definition) is 2. The highest BCUT2D eigenvalue weighted by Crippen LogP contribution is 2.44. The van der Waals surface area contributed by atoms with Crippen LogP contribution in [0.15, 0.2) is 83.5 Å². The molecule has 0 amide bonds. The van der Waals surface area contributed by atoms with Crippen LogP contribution in [0.5, 0.6) is 5.75 Å². The molecule has 2 atom stereocenters. The normalized spacial score (nSPS) is 17.9. The summed E-state index contributed by atoms with van der Waals surface area (Å²) in [4.78, 5) is 6.77. The number of aromatic hydroxyl groups is 1. The molecule has 1 aliphatic heterocycles. The average molecular weight is 519 g/mol. The molecule has 0 unspecified atom stereocenters. The Morgan fingerprint density at radius 3 is 2.33 bits per heavy atom. The van der Waals surface area contributed by atoms with Crippen LogP contribution in [-0.4, -0.2) is 19.8 Å². The number of anilines is 1. The lowest BCUT2D eigenvalue weighted by molar-refractivity contribution is 0.475. The number of nitrogens with zero attached hydrogens (tertiary/aromatic N) is 3. The predicted octanol–water partition coefficient (Wildman–Crippen LogP) is 6.13. The van der Waals surface area contributed by atoms with Crippen LogP contribution >= 0.6 is 28.1 Å². The van der Waals surface area contributed by atoms with Gasteiger partial charge in [-0.15, -0.1) is 0 Å². The Hall–Kier alpha value is -3.16. The summed E-state index contributed by atoms with van der Waals surface area (Å²) in [6.07, 6.45) is 1.81. The largest absolute Gasteiger partial charge is 0.508 e. The minimum absolute atomic E-state index is 0.104. The van der Waals surface area contributed by atoms with Gasteiger partial charge < -0.3 is 19.9 Å². The van der Waals surface area contributed by atoms with Crippen LogP contribution in [0.25, 0.3) is 5.69 Å². The predicted molar refractivity (Wildman–Crippen MR) is 139 cm³/mol. The Bertz CT molecular complexity index is 1300. The fraction of sp³-hybridized carbons (Fsp3) is 0.154. The Morgan fingerprint density at radius 1 is 0.970 bits per heavy atom. The molecule has 1 aliphatic rings. The van der Waals surface area contributed by atoms with Crippen molar-refractivity contribution in [2.24, 2.45) is 0 Å². The van der Waals surface area contributed by atoms with Crippen molar-refractivity contribution in [3.8, 4) is 11.4 Å². The Balaban J connectivity index is 1.67. The smallest absolute Gasteiger partial charge is 0.174 e. The molecule has 0 aliphatic carbocycles. The van der Waals surface area contributed by atoms with E-state index in [4.69, 9.17) is 12.2 Å². The molecule has 0 saturated carbocycles. The molecule has 33 heavy (non-hydrogen) atoms. The molecule has 4 aromatic rings. The van der Waals surface area contributed by atoms with E-state index in [1.165, 1.54) is 5.56 Å². The van der Waals surface area contributed by atoms with Gasteiger partial charge in [0.2, 0.25) is 0 Å². The minimum Gasteiger partial charge on any atom is -0.508 e. The molecule has 5 rings (SSSR count). The van der Waals surface area contributed by atoms with Crippen molar-refractivity contribution < 1.29 is 5.11 Å². The first-order chi connectivity index (χ1) is 15.9. The molecule has 1 fully saturated rings. The summed E-state index contributed by atoms with van der Waals surface area (Å²) >= 11 is 9.34. The third-order valence-corrected chi connectivity index (χ3v) is 6.94. The lowest BCUT2D eigenvalue weighted by atomic mass is 9.96. The number of phenolic OH excluding ortho intramolecular Hbond substituents is 1. The molecule has 3 heterocycles. The van der Waals surface area contributed by atoms with E-state index in [-0.39, 0.29) is 17.8 Å². The van der Waals surface area contributed by atoms with Crippen molar-refractivity contribution >= 4 is 38.9 Å². The fourth-order valence-electron chi connectivity index (χ4n) is 4.64. The third kappa shape index (κ3) is 3.92. The first kappa shape index (κ1) is 21.7. The summed E-state index contributed by atoms with van der Waals surface area (Å²) in [7, 11) is 0. The van der Waals surface area contributed by atoms with Crippen molar-refractivity contribution in [3.63, 3.8) is 0 Å². The summed E-state index contributed by atoms with van der Waals surface area (Å²) in [6.45, 7) is 4.27. The zero-order valence-electron chi connectivity index (χ0n) is 18.2. The van der Waals surface area contributed by atoms with Crippen molar-refractivity contribution in [2.75, 3.05) is 4.90 Å². The number of phenols is 1. The summed E-state index contributed by atoms with van der Waals surface area (Å²) in [5.74, 6) is 0.225. The summed E-state index contributed by atoms with van der Waals surface area (Å²) in [5.41, 5.74) is 6.43. The van der Waals surface area contributed by atoms with Crippen LogP contribution in [0.1, 0.15) is 34.7 Å². The molecule has 2 N–H and O–H groups in total. The highest BCUT2D eigenvalue weighted by Gasteiger charge is 2.42. The molecule has 1 saturated heterocycles. The van der Waals surface area contributed by atoms with Gasteiger partial charge in [-0.25, -0.2) is 0 Å². The zero-order valence-corrected chi connectivity index (χ0v) is 20.6. The summed E-state index contributed by atoms with van der Waals surface area (Å²) in [5, 5.41) is 14.0. The zero-order chi connectivity index (χ0) is 23.1. The molecule has 0 radical (unpaired) electrons. The topological polar surface area (TPSA) is 53.3 Å². The number of pyridine rings is 1. The van der Waals surface area contributed by atoms with Crippen LogP contribution in [0.3, 0.4) is 0 Å². The van der Waals surface area contributed by atoms with Crippen molar-refractivity contribution in [2.45, 2.75) is 25.9 Å². The number of benzene rings is 2. The van der Waals surface area contributed by atoms with E-state index < -0.39 is 0 Å². The molecule has 2 aromatic carbocycles. The number of aryl methyl sites for hydroxylation is 1. The second-order valence-corrected chi connectivity index (χ2v) is 9.45. The number of thiocarbonyl (C=S) groups is 1. The maximum absolute atomic E-state index is 9.82. The minimum atomic E-state index is -0.119. The van der Waals surface area contributed by atoms with Crippen molar-refractivity contribution in [1.29, 1.82) is 0 Å². The summed E-state index contributed by atoms with van der Waals surface area (Å²) < 4.78 is 3.32. The maximum Gasteiger partial charge on any atom is 0.174 e. The number of rotatable bonds is 4. The van der Waals surface area contributed by atoms with Gasteiger partial charge in [0.1, 0.15) is 5.75 Å². The van der Waals surface area contributed by atoms with Gasteiger partial charge in [-0.05, 0) is 98.4 Å². The van der Waals surface area contributed by atoms with E-state index >= 15 is 0 Å². The van der Waals surface area contributed by atoms with E-state index in [1.54, 1.807) is 12.1 Å². The van der Waals surface area contributed by atoms with Crippen LogP contribution < -0.4 is 10.2 Å². The van der Waals surface area contributed by atoms with Gasteiger partial charge >= 0.3 is 0 Å². The molecule has 2 aromatic heterocycles. The quantitative estimate of drug-likeness (QED) is 0.318. The average Bonchev–Trinajstić information content (AvgIpc) is 3.31. The van der Waals surface area contributed by atoms with E-state index in [1.807, 2.05) is 36.5 Å². The van der Waals surface area contributed by atoms with Gasteiger partial charge in [0.05, 0.1) is 17.8 Å². The van der Waals surface area contributed by atoms with E-state index in [0.29, 0.717) is 5.11 Å². The molecular formula is C26H23BrN4OS. The van der Waals surface area contributed by atoms with Crippen LogP contribution in [0.2, 0.25) is 0 Å². The first-order valence-corrected chi connectivity index (χ1v) is 11.9. The van der Waals surface area contributed by atoms with Gasteiger partial charge in [0.15, 0.2) is 5.11 Å². The molecule has 0 spiro atoms. The molecule has 7 heteroatoms. The lowest BCUT2D eigenvalue weighted by Gasteiger charge is -2.28. The van der Waals surface area contributed by atoms with E-state index in [9.17, 15) is 5.11 Å². The second-order valence-electron chi connectivity index (χ2n) is 8.15. The van der Waals surface area contributed by atoms with Crippen LogP contribution in [0, 0.1) is 13.8 Å². The van der Waals surface area contributed by atoms with Crippen LogP contribution in [0.4, 0.5) is 5.69 Å². The number of aromatic nitrogens is 2. The summed E-state index contributed by atoms with van der Waals surface area (Å²) in [6, 6.07) is 23.5. The monoisotopic (exact) mass is 518 g/mol. The second kappa shape index (κ2) is 8.65. The van der Waals surface area contributed by atoms with Crippen molar-refractivity contribution in [3.05, 3.63) is 106 Å².